The van der Waals surface area contributed by atoms with Crippen LogP contribution in [0.25, 0.3) is 0 Å². The van der Waals surface area contributed by atoms with Gasteiger partial charge in [0.2, 0.25) is 17.7 Å². The maximum atomic E-state index is 12.7. The summed E-state index contributed by atoms with van der Waals surface area (Å²) in [6.45, 7) is 10.3. The van der Waals surface area contributed by atoms with Crippen molar-refractivity contribution >= 4 is 11.8 Å². The summed E-state index contributed by atoms with van der Waals surface area (Å²) >= 11 is 0. The Morgan fingerprint density at radius 3 is 2.72 bits per heavy atom. The standard InChI is InChI=1S/C19H27N3O3/c1-5-18(23)21(6-2)13-19(24)22(16-7-8-16)12-15-9-10-20-17(11-15)25-14(3)4/h5,9-11,14,16H,1,6-8,12-13H2,2-4H3. The van der Waals surface area contributed by atoms with Crippen LogP contribution in [0, 0.1) is 0 Å². The first-order valence-electron chi connectivity index (χ1n) is 8.77. The summed E-state index contributed by atoms with van der Waals surface area (Å²) in [5, 5.41) is 0. The molecule has 0 atom stereocenters. The monoisotopic (exact) mass is 345 g/mol. The highest BCUT2D eigenvalue weighted by molar-refractivity contribution is 5.91. The van der Waals surface area contributed by atoms with E-state index in [0.29, 0.717) is 19.0 Å². The topological polar surface area (TPSA) is 62.7 Å². The Kier molecular flexibility index (Phi) is 6.56. The van der Waals surface area contributed by atoms with E-state index in [9.17, 15) is 9.59 Å². The Bertz CT molecular complexity index is 626. The van der Waals surface area contributed by atoms with E-state index in [-0.39, 0.29) is 30.5 Å². The van der Waals surface area contributed by atoms with Gasteiger partial charge in [-0.15, -0.1) is 0 Å². The van der Waals surface area contributed by atoms with Crippen LogP contribution in [0.3, 0.4) is 0 Å². The Labute approximate surface area is 149 Å². The molecule has 0 aliphatic heterocycles. The molecule has 0 radical (unpaired) electrons. The highest BCUT2D eigenvalue weighted by Crippen LogP contribution is 2.29. The minimum atomic E-state index is -0.219. The van der Waals surface area contributed by atoms with E-state index in [0.717, 1.165) is 18.4 Å². The molecule has 136 valence electrons. The van der Waals surface area contributed by atoms with Gasteiger partial charge in [-0.05, 0) is 51.3 Å². The molecule has 1 heterocycles. The predicted molar refractivity (Wildman–Crippen MR) is 96.0 cm³/mol. The van der Waals surface area contributed by atoms with Crippen molar-refractivity contribution in [2.24, 2.45) is 0 Å². The zero-order chi connectivity index (χ0) is 18.4. The van der Waals surface area contributed by atoms with E-state index in [2.05, 4.69) is 11.6 Å². The summed E-state index contributed by atoms with van der Waals surface area (Å²) in [5.74, 6) is 0.304. The van der Waals surface area contributed by atoms with Crippen LogP contribution in [0.5, 0.6) is 5.88 Å². The molecule has 0 N–H and O–H groups in total. The Balaban J connectivity index is 2.07. The average Bonchev–Trinajstić information content (AvgIpc) is 3.41. The number of carbonyl (C=O) groups is 2. The number of hydrogen-bond donors (Lipinski definition) is 0. The minimum absolute atomic E-state index is 0.0392. The number of amides is 2. The van der Waals surface area contributed by atoms with Gasteiger partial charge in [0.1, 0.15) is 6.54 Å². The third-order valence-corrected chi connectivity index (χ3v) is 4.01. The van der Waals surface area contributed by atoms with E-state index >= 15 is 0 Å². The summed E-state index contributed by atoms with van der Waals surface area (Å²) in [4.78, 5) is 32.1. The number of rotatable bonds is 9. The summed E-state index contributed by atoms with van der Waals surface area (Å²) < 4.78 is 5.62. The molecule has 2 rings (SSSR count). The normalized spacial score (nSPS) is 13.4. The van der Waals surface area contributed by atoms with Gasteiger partial charge in [-0.25, -0.2) is 4.98 Å². The van der Waals surface area contributed by atoms with Crippen LogP contribution in [-0.4, -0.2) is 51.8 Å². The largest absolute Gasteiger partial charge is 0.475 e. The van der Waals surface area contributed by atoms with E-state index in [1.165, 1.54) is 11.0 Å². The van der Waals surface area contributed by atoms with Gasteiger partial charge in [0, 0.05) is 31.4 Å². The van der Waals surface area contributed by atoms with Crippen LogP contribution >= 0.6 is 0 Å². The van der Waals surface area contributed by atoms with Crippen LogP contribution in [0.15, 0.2) is 31.0 Å². The number of pyridine rings is 1. The Hall–Kier alpha value is -2.37. The molecule has 0 spiro atoms. The van der Waals surface area contributed by atoms with Crippen LogP contribution < -0.4 is 4.74 Å². The third kappa shape index (κ3) is 5.59. The molecule has 0 unspecified atom stereocenters. The number of ether oxygens (including phenoxy) is 1. The van der Waals surface area contributed by atoms with Crippen molar-refractivity contribution in [3.05, 3.63) is 36.5 Å². The zero-order valence-corrected chi connectivity index (χ0v) is 15.3. The molecule has 6 nitrogen and oxygen atoms in total. The van der Waals surface area contributed by atoms with Gasteiger partial charge in [0.25, 0.3) is 0 Å². The third-order valence-electron chi connectivity index (χ3n) is 4.01. The number of aromatic nitrogens is 1. The minimum Gasteiger partial charge on any atom is -0.475 e. The summed E-state index contributed by atoms with van der Waals surface area (Å²) in [7, 11) is 0. The lowest BCUT2D eigenvalue weighted by Gasteiger charge is -2.26. The van der Waals surface area contributed by atoms with Crippen LogP contribution in [0.4, 0.5) is 0 Å². The van der Waals surface area contributed by atoms with Crippen LogP contribution in [0.2, 0.25) is 0 Å². The zero-order valence-electron chi connectivity index (χ0n) is 15.3. The maximum absolute atomic E-state index is 12.7. The lowest BCUT2D eigenvalue weighted by atomic mass is 10.2. The summed E-state index contributed by atoms with van der Waals surface area (Å²) in [6, 6.07) is 4.02. The fourth-order valence-electron chi connectivity index (χ4n) is 2.59. The molecular formula is C19H27N3O3. The molecule has 25 heavy (non-hydrogen) atoms. The molecule has 1 aliphatic carbocycles. The molecule has 2 amide bonds. The fraction of sp³-hybridized carbons (Fsp3) is 0.526. The quantitative estimate of drug-likeness (QED) is 0.645. The van der Waals surface area contributed by atoms with Gasteiger partial charge in [-0.1, -0.05) is 6.58 Å². The molecule has 0 bridgehead atoms. The molecule has 0 saturated heterocycles. The average molecular weight is 345 g/mol. The first-order valence-corrected chi connectivity index (χ1v) is 8.77. The Morgan fingerprint density at radius 2 is 2.16 bits per heavy atom. The van der Waals surface area contributed by atoms with Crippen molar-refractivity contribution < 1.29 is 14.3 Å². The molecule has 6 heteroatoms. The highest BCUT2D eigenvalue weighted by atomic mass is 16.5. The van der Waals surface area contributed by atoms with E-state index < -0.39 is 0 Å². The molecule has 1 aliphatic rings. The second-order valence-electron chi connectivity index (χ2n) is 6.48. The van der Waals surface area contributed by atoms with Gasteiger partial charge in [0.15, 0.2) is 0 Å². The van der Waals surface area contributed by atoms with Crippen molar-refractivity contribution in [2.75, 3.05) is 13.1 Å². The lowest BCUT2D eigenvalue weighted by molar-refractivity contribution is -0.138. The van der Waals surface area contributed by atoms with Crippen molar-refractivity contribution in [3.8, 4) is 5.88 Å². The number of likely N-dealkylation sites (N-methyl/N-ethyl adjacent to an activating group) is 1. The van der Waals surface area contributed by atoms with Crippen molar-refractivity contribution in [1.82, 2.24) is 14.8 Å². The SMILES string of the molecule is C=CC(=O)N(CC)CC(=O)N(Cc1ccnc(OC(C)C)c1)C1CC1. The van der Waals surface area contributed by atoms with Crippen molar-refractivity contribution in [1.29, 1.82) is 0 Å². The lowest BCUT2D eigenvalue weighted by Crippen LogP contribution is -2.43. The van der Waals surface area contributed by atoms with Gasteiger partial charge < -0.3 is 14.5 Å². The predicted octanol–water partition coefficient (Wildman–Crippen LogP) is 2.39. The molecular weight excluding hydrogens is 318 g/mol. The molecule has 0 aromatic carbocycles. The highest BCUT2D eigenvalue weighted by Gasteiger charge is 2.33. The second-order valence-corrected chi connectivity index (χ2v) is 6.48. The maximum Gasteiger partial charge on any atom is 0.246 e. The first-order chi connectivity index (χ1) is 11.9. The van der Waals surface area contributed by atoms with E-state index in [1.807, 2.05) is 37.8 Å². The van der Waals surface area contributed by atoms with E-state index in [4.69, 9.17) is 4.74 Å². The van der Waals surface area contributed by atoms with Crippen molar-refractivity contribution in [3.63, 3.8) is 0 Å². The van der Waals surface area contributed by atoms with Gasteiger partial charge in [0.05, 0.1) is 6.10 Å². The van der Waals surface area contributed by atoms with Crippen molar-refractivity contribution in [2.45, 2.75) is 52.3 Å². The smallest absolute Gasteiger partial charge is 0.246 e. The van der Waals surface area contributed by atoms with Crippen LogP contribution in [-0.2, 0) is 16.1 Å². The molecule has 1 aromatic rings. The van der Waals surface area contributed by atoms with Gasteiger partial charge >= 0.3 is 0 Å². The van der Waals surface area contributed by atoms with E-state index in [1.54, 1.807) is 6.20 Å². The summed E-state index contributed by atoms with van der Waals surface area (Å²) in [6.07, 6.45) is 5.01. The molecule has 1 aromatic heterocycles. The number of carbonyl (C=O) groups excluding carboxylic acids is 2. The fourth-order valence-corrected chi connectivity index (χ4v) is 2.59. The Morgan fingerprint density at radius 1 is 1.44 bits per heavy atom. The molecule has 1 saturated carbocycles. The van der Waals surface area contributed by atoms with Gasteiger partial charge in [-0.2, -0.15) is 0 Å². The van der Waals surface area contributed by atoms with Crippen LogP contribution in [0.1, 0.15) is 39.2 Å². The second kappa shape index (κ2) is 8.65. The summed E-state index contributed by atoms with van der Waals surface area (Å²) in [5.41, 5.74) is 0.976. The number of nitrogens with zero attached hydrogens (tertiary/aromatic N) is 3. The number of hydrogen-bond acceptors (Lipinski definition) is 4. The first kappa shape index (κ1) is 19.0. The van der Waals surface area contributed by atoms with Gasteiger partial charge in [-0.3, -0.25) is 9.59 Å². The molecule has 1 fully saturated rings.